The smallest absolute Gasteiger partial charge is 0.238 e. The molecule has 0 amide bonds. The van der Waals surface area contributed by atoms with Crippen molar-refractivity contribution in [2.24, 2.45) is 0 Å². The molecule has 0 aliphatic carbocycles. The summed E-state index contributed by atoms with van der Waals surface area (Å²) in [6, 6.07) is 6.30. The summed E-state index contributed by atoms with van der Waals surface area (Å²) in [5.74, 6) is 0. The number of hydrogen-bond donors (Lipinski definition) is 0. The highest BCUT2D eigenvalue weighted by molar-refractivity contribution is 8.04. The molecule has 13 heavy (non-hydrogen) atoms. The molecule has 0 saturated heterocycles. The molecule has 0 radical (unpaired) electrons. The van der Waals surface area contributed by atoms with Crippen LogP contribution in [0.3, 0.4) is 0 Å². The zero-order valence-electron chi connectivity index (χ0n) is 7.23. The van der Waals surface area contributed by atoms with Crippen LogP contribution in [-0.2, 0) is 21.1 Å². The molecule has 1 aromatic rings. The van der Waals surface area contributed by atoms with Crippen molar-refractivity contribution >= 4 is 15.5 Å². The van der Waals surface area contributed by atoms with Crippen molar-refractivity contribution < 1.29 is 13.2 Å². The standard InChI is InChI=1S/C9H10O3S/c1-2-8-3-5-9(6-4-8)13(11,12)7-10/h3-7H,2H2,1H3. The molecular formula is C9H10O3S. The fourth-order valence-electron chi connectivity index (χ4n) is 0.970. The Morgan fingerprint density at radius 2 is 1.77 bits per heavy atom. The summed E-state index contributed by atoms with van der Waals surface area (Å²) in [7, 11) is -3.70. The Balaban J connectivity index is 3.13. The fourth-order valence-corrected chi connectivity index (χ4v) is 1.60. The number of carbonyl (C=O) groups excluding carboxylic acids is 1. The van der Waals surface area contributed by atoms with Crippen molar-refractivity contribution in [3.63, 3.8) is 0 Å². The lowest BCUT2D eigenvalue weighted by molar-refractivity contribution is 0.556. The average Bonchev–Trinajstić information content (AvgIpc) is 2.18. The number of aryl methyl sites for hydroxylation is 1. The molecule has 0 heterocycles. The molecule has 3 nitrogen and oxygen atoms in total. The third-order valence-electron chi connectivity index (χ3n) is 1.79. The first kappa shape index (κ1) is 9.92. The van der Waals surface area contributed by atoms with Crippen molar-refractivity contribution in [2.75, 3.05) is 0 Å². The summed E-state index contributed by atoms with van der Waals surface area (Å²) in [6.45, 7) is 1.98. The molecule has 0 unspecified atom stereocenters. The van der Waals surface area contributed by atoms with Crippen LogP contribution >= 0.6 is 0 Å². The van der Waals surface area contributed by atoms with E-state index in [4.69, 9.17) is 0 Å². The molecule has 1 rings (SSSR count). The fraction of sp³-hybridized carbons (Fsp3) is 0.222. The van der Waals surface area contributed by atoms with Crippen LogP contribution < -0.4 is 0 Å². The Hall–Kier alpha value is -1.16. The van der Waals surface area contributed by atoms with E-state index in [1.54, 1.807) is 12.1 Å². The first-order valence-electron chi connectivity index (χ1n) is 3.89. The minimum absolute atomic E-state index is 0.0338. The Morgan fingerprint density at radius 1 is 1.23 bits per heavy atom. The molecule has 0 aliphatic rings. The van der Waals surface area contributed by atoms with Crippen molar-refractivity contribution in [2.45, 2.75) is 18.2 Å². The lowest BCUT2D eigenvalue weighted by atomic mass is 10.2. The Labute approximate surface area is 77.3 Å². The van der Waals surface area contributed by atoms with Gasteiger partial charge in [0, 0.05) is 0 Å². The maximum absolute atomic E-state index is 11.0. The zero-order chi connectivity index (χ0) is 9.90. The second-order valence-electron chi connectivity index (χ2n) is 2.64. The highest BCUT2D eigenvalue weighted by atomic mass is 32.2. The van der Waals surface area contributed by atoms with E-state index in [2.05, 4.69) is 0 Å². The first-order valence-corrected chi connectivity index (χ1v) is 5.44. The van der Waals surface area contributed by atoms with Crippen molar-refractivity contribution in [3.05, 3.63) is 29.8 Å². The Bertz CT molecular complexity index is 389. The third kappa shape index (κ3) is 2.15. The first-order chi connectivity index (χ1) is 6.10. The monoisotopic (exact) mass is 198 g/mol. The summed E-state index contributed by atoms with van der Waals surface area (Å²) < 4.78 is 22.1. The van der Waals surface area contributed by atoms with E-state index in [0.717, 1.165) is 12.0 Å². The molecule has 0 spiro atoms. The van der Waals surface area contributed by atoms with Crippen LogP contribution in [0, 0.1) is 0 Å². The minimum atomic E-state index is -3.70. The van der Waals surface area contributed by atoms with Crippen molar-refractivity contribution in [1.82, 2.24) is 0 Å². The summed E-state index contributed by atoms with van der Waals surface area (Å²) in [5.41, 5.74) is 1.01. The molecule has 0 saturated carbocycles. The van der Waals surface area contributed by atoms with Crippen LogP contribution in [0.5, 0.6) is 0 Å². The van der Waals surface area contributed by atoms with Gasteiger partial charge in [-0.15, -0.1) is 0 Å². The number of sulfone groups is 1. The van der Waals surface area contributed by atoms with Crippen LogP contribution in [0.4, 0.5) is 0 Å². The van der Waals surface area contributed by atoms with Gasteiger partial charge in [-0.05, 0) is 24.1 Å². The molecule has 0 aromatic heterocycles. The summed E-state index contributed by atoms with van der Waals surface area (Å²) in [5, 5.41) is 0. The molecule has 0 aliphatic heterocycles. The molecule has 0 atom stereocenters. The number of carbonyl (C=O) groups is 1. The Kier molecular flexibility index (Phi) is 2.83. The van der Waals surface area contributed by atoms with Crippen LogP contribution in [0.2, 0.25) is 0 Å². The summed E-state index contributed by atoms with van der Waals surface area (Å²) >= 11 is 0. The van der Waals surface area contributed by atoms with Crippen LogP contribution in [0.1, 0.15) is 12.5 Å². The number of rotatable bonds is 3. The topological polar surface area (TPSA) is 51.2 Å². The largest absolute Gasteiger partial charge is 0.285 e. The molecular weight excluding hydrogens is 188 g/mol. The van der Waals surface area contributed by atoms with E-state index >= 15 is 0 Å². The number of benzene rings is 1. The summed E-state index contributed by atoms with van der Waals surface area (Å²) in [6.07, 6.45) is 0.849. The van der Waals surface area contributed by atoms with Gasteiger partial charge in [0.1, 0.15) is 0 Å². The van der Waals surface area contributed by atoms with Gasteiger partial charge in [0.15, 0.2) is 0 Å². The minimum Gasteiger partial charge on any atom is -0.285 e. The third-order valence-corrected chi connectivity index (χ3v) is 2.97. The van der Waals surface area contributed by atoms with E-state index in [1.165, 1.54) is 12.1 Å². The van der Waals surface area contributed by atoms with Gasteiger partial charge in [0.05, 0.1) is 4.90 Å². The van der Waals surface area contributed by atoms with E-state index in [1.807, 2.05) is 6.92 Å². The van der Waals surface area contributed by atoms with E-state index in [-0.39, 0.29) is 10.5 Å². The lowest BCUT2D eigenvalue weighted by Gasteiger charge is -1.98. The maximum Gasteiger partial charge on any atom is 0.238 e. The van der Waals surface area contributed by atoms with Gasteiger partial charge in [-0.2, -0.15) is 0 Å². The maximum atomic E-state index is 11.0. The molecule has 0 N–H and O–H groups in total. The van der Waals surface area contributed by atoms with Gasteiger partial charge in [0.2, 0.25) is 15.5 Å². The van der Waals surface area contributed by atoms with Crippen LogP contribution in [0.25, 0.3) is 0 Å². The highest BCUT2D eigenvalue weighted by Gasteiger charge is 2.11. The SMILES string of the molecule is CCc1ccc(S(=O)(=O)C=O)cc1. The molecule has 70 valence electrons. The predicted octanol–water partition coefficient (Wildman–Crippen LogP) is 1.21. The van der Waals surface area contributed by atoms with E-state index in [0.29, 0.717) is 0 Å². The second kappa shape index (κ2) is 3.70. The molecule has 4 heteroatoms. The molecule has 1 aromatic carbocycles. The van der Waals surface area contributed by atoms with Gasteiger partial charge in [-0.1, -0.05) is 19.1 Å². The number of hydrogen-bond acceptors (Lipinski definition) is 3. The van der Waals surface area contributed by atoms with Crippen LogP contribution in [-0.4, -0.2) is 14.0 Å². The van der Waals surface area contributed by atoms with Gasteiger partial charge < -0.3 is 0 Å². The lowest BCUT2D eigenvalue weighted by Crippen LogP contribution is -2.01. The highest BCUT2D eigenvalue weighted by Crippen LogP contribution is 2.10. The van der Waals surface area contributed by atoms with Crippen LogP contribution in [0.15, 0.2) is 29.2 Å². The van der Waals surface area contributed by atoms with Gasteiger partial charge in [-0.3, -0.25) is 4.79 Å². The molecule has 0 bridgehead atoms. The second-order valence-corrected chi connectivity index (χ2v) is 4.39. The van der Waals surface area contributed by atoms with E-state index in [9.17, 15) is 13.2 Å². The normalized spacial score (nSPS) is 11.2. The quantitative estimate of drug-likeness (QED) is 0.686. The van der Waals surface area contributed by atoms with Gasteiger partial charge in [0.25, 0.3) is 0 Å². The Morgan fingerprint density at radius 3 is 2.15 bits per heavy atom. The van der Waals surface area contributed by atoms with Gasteiger partial charge >= 0.3 is 0 Å². The summed E-state index contributed by atoms with van der Waals surface area (Å²) in [4.78, 5) is 10.2. The molecule has 0 fully saturated rings. The van der Waals surface area contributed by atoms with E-state index < -0.39 is 9.84 Å². The predicted molar refractivity (Wildman–Crippen MR) is 49.8 cm³/mol. The van der Waals surface area contributed by atoms with Crippen molar-refractivity contribution in [1.29, 1.82) is 0 Å². The zero-order valence-corrected chi connectivity index (χ0v) is 8.04. The van der Waals surface area contributed by atoms with Crippen molar-refractivity contribution in [3.8, 4) is 0 Å². The van der Waals surface area contributed by atoms with Gasteiger partial charge in [-0.25, -0.2) is 8.42 Å². The average molecular weight is 198 g/mol.